The summed E-state index contributed by atoms with van der Waals surface area (Å²) in [7, 11) is 0. The number of esters is 1. The van der Waals surface area contributed by atoms with E-state index in [0.29, 0.717) is 6.61 Å². The average Bonchev–Trinajstić information content (AvgIpc) is 2.01. The predicted octanol–water partition coefficient (Wildman–Crippen LogP) is 4.57. The Bertz CT molecular complexity index is 158. The topological polar surface area (TPSA) is 43.4 Å². The second-order valence-electron chi connectivity index (χ2n) is 2.18. The van der Waals surface area contributed by atoms with Crippen molar-refractivity contribution in [3.63, 3.8) is 0 Å². The van der Waals surface area contributed by atoms with Gasteiger partial charge in [-0.05, 0) is 20.8 Å². The van der Waals surface area contributed by atoms with Crippen LogP contribution in [0.25, 0.3) is 0 Å². The van der Waals surface area contributed by atoms with Crippen LogP contribution < -0.4 is 0 Å². The van der Waals surface area contributed by atoms with Crippen LogP contribution in [0.4, 0.5) is 0 Å². The molecule has 106 valence electrons. The van der Waals surface area contributed by atoms with Crippen molar-refractivity contribution < 1.29 is 14.3 Å². The number of ketones is 1. The quantitative estimate of drug-likeness (QED) is 0.514. The molecule has 0 aliphatic carbocycles. The maximum atomic E-state index is 9.82. The number of carbonyl (C=O) groups excluding carboxylic acids is 2. The first-order valence-corrected chi connectivity index (χ1v) is 6.68. The number of ether oxygens (including phenoxy) is 1. The van der Waals surface area contributed by atoms with E-state index < -0.39 is 4.30 Å². The van der Waals surface area contributed by atoms with Gasteiger partial charge in [0.15, 0.2) is 4.30 Å². The second kappa shape index (κ2) is 25.4. The van der Waals surface area contributed by atoms with Crippen molar-refractivity contribution in [2.24, 2.45) is 0 Å². The Labute approximate surface area is 128 Å². The summed E-state index contributed by atoms with van der Waals surface area (Å²) in [6, 6.07) is 0. The molecule has 0 atom stereocenters. The van der Waals surface area contributed by atoms with Gasteiger partial charge in [-0.25, -0.2) is 0 Å². The number of hydrogen-bond donors (Lipinski definition) is 0. The molecule has 0 fully saturated rings. The number of alkyl halides is 5. The molecule has 0 aromatic carbocycles. The van der Waals surface area contributed by atoms with Gasteiger partial charge in [0.25, 0.3) is 0 Å². The van der Waals surface area contributed by atoms with Gasteiger partial charge in [-0.1, -0.05) is 34.8 Å². The van der Waals surface area contributed by atoms with Crippen molar-refractivity contribution in [2.75, 3.05) is 11.9 Å². The van der Waals surface area contributed by atoms with Gasteiger partial charge in [0.2, 0.25) is 0 Å². The van der Waals surface area contributed by atoms with Crippen LogP contribution in [0, 0.1) is 0 Å². The Morgan fingerprint density at radius 1 is 1.06 bits per heavy atom. The molecule has 0 unspecified atom stereocenters. The highest BCUT2D eigenvalue weighted by molar-refractivity contribution is 6.63. The van der Waals surface area contributed by atoms with Crippen molar-refractivity contribution in [1.29, 1.82) is 0 Å². The lowest BCUT2D eigenvalue weighted by atomic mass is 10.6. The van der Waals surface area contributed by atoms with E-state index in [0.717, 1.165) is 0 Å². The summed E-state index contributed by atoms with van der Waals surface area (Å²) in [6.07, 6.45) is 0. The third-order valence-electron chi connectivity index (χ3n) is 0.348. The fourth-order valence-corrected chi connectivity index (χ4v) is 0.203. The predicted molar refractivity (Wildman–Crippen MR) is 76.6 cm³/mol. The average molecular weight is 350 g/mol. The third kappa shape index (κ3) is 274. The lowest BCUT2D eigenvalue weighted by Crippen LogP contribution is -1.95. The van der Waals surface area contributed by atoms with Crippen LogP contribution in [0.1, 0.15) is 27.7 Å². The molecule has 3 nitrogen and oxygen atoms in total. The molecule has 0 N–H and O–H groups in total. The minimum atomic E-state index is -0.750. The van der Waals surface area contributed by atoms with Crippen LogP contribution in [0.3, 0.4) is 0 Å². The van der Waals surface area contributed by atoms with Crippen LogP contribution in [-0.4, -0.2) is 28.0 Å². The number of rotatable bonds is 1. The molecule has 0 saturated carbocycles. The highest BCUT2D eigenvalue weighted by Gasteiger charge is 1.81. The smallest absolute Gasteiger partial charge is 0.302 e. The third-order valence-corrected chi connectivity index (χ3v) is 0.348. The summed E-state index contributed by atoms with van der Waals surface area (Å²) in [5, 5.41) is 0.194. The van der Waals surface area contributed by atoms with E-state index in [1.54, 1.807) is 6.92 Å². The summed E-state index contributed by atoms with van der Waals surface area (Å²) in [5.41, 5.74) is 0. The lowest BCUT2D eigenvalue weighted by molar-refractivity contribution is -0.140. The molecular weight excluding hydrogens is 333 g/mol. The molecule has 17 heavy (non-hydrogen) atoms. The van der Waals surface area contributed by atoms with Crippen LogP contribution in [0.2, 0.25) is 0 Å². The van der Waals surface area contributed by atoms with Gasteiger partial charge in [0, 0.05) is 6.92 Å². The minimum absolute atomic E-state index is 0.167. The maximum absolute atomic E-state index is 9.82. The summed E-state index contributed by atoms with van der Waals surface area (Å²) >= 11 is 23.9. The molecule has 0 aromatic heterocycles. The van der Waals surface area contributed by atoms with Crippen LogP contribution in [-0.2, 0) is 14.3 Å². The zero-order valence-electron chi connectivity index (χ0n) is 10.1. The Kier molecular flexibility index (Phi) is 39.2. The second-order valence-corrected chi connectivity index (χ2v) is 4.97. The summed E-state index contributed by atoms with van der Waals surface area (Å²) in [4.78, 5) is 19.3. The monoisotopic (exact) mass is 348 g/mol. The van der Waals surface area contributed by atoms with Gasteiger partial charge in [-0.3, -0.25) is 4.79 Å². The van der Waals surface area contributed by atoms with Gasteiger partial charge in [-0.15, -0.1) is 23.2 Å². The SMILES string of the molecule is CC(C)=O.CCOC(C)=O.ClC(Cl)Cl.ClCCl. The summed E-state index contributed by atoms with van der Waals surface area (Å²) in [5.74, 6) is -0.0440. The van der Waals surface area contributed by atoms with Crippen molar-refractivity contribution in [2.45, 2.75) is 32.0 Å². The Morgan fingerprint density at radius 2 is 1.24 bits per heavy atom. The van der Waals surface area contributed by atoms with Gasteiger partial charge < -0.3 is 9.53 Å². The van der Waals surface area contributed by atoms with Gasteiger partial charge in [0.1, 0.15) is 5.78 Å². The van der Waals surface area contributed by atoms with E-state index in [1.807, 2.05) is 0 Å². The van der Waals surface area contributed by atoms with E-state index in [-0.39, 0.29) is 17.1 Å². The van der Waals surface area contributed by atoms with Gasteiger partial charge in [0.05, 0.1) is 11.9 Å². The first kappa shape index (κ1) is 26.2. The highest BCUT2D eigenvalue weighted by Crippen LogP contribution is 2.03. The Morgan fingerprint density at radius 3 is 1.24 bits per heavy atom. The summed E-state index contributed by atoms with van der Waals surface area (Å²) in [6.45, 7) is 6.71. The summed E-state index contributed by atoms with van der Waals surface area (Å²) < 4.78 is 3.65. The zero-order valence-corrected chi connectivity index (χ0v) is 13.9. The van der Waals surface area contributed by atoms with Crippen molar-refractivity contribution in [3.05, 3.63) is 0 Å². The van der Waals surface area contributed by atoms with E-state index in [9.17, 15) is 9.59 Å². The molecule has 0 radical (unpaired) electrons. The largest absolute Gasteiger partial charge is 0.466 e. The molecule has 0 aromatic rings. The van der Waals surface area contributed by atoms with Crippen molar-refractivity contribution in [1.82, 2.24) is 0 Å². The molecule has 0 spiro atoms. The minimum Gasteiger partial charge on any atom is -0.466 e. The van der Waals surface area contributed by atoms with E-state index in [1.165, 1.54) is 20.8 Å². The molecule has 0 amide bonds. The van der Waals surface area contributed by atoms with Crippen LogP contribution in [0.5, 0.6) is 0 Å². The Balaban J connectivity index is -0.0000000688. The van der Waals surface area contributed by atoms with Crippen LogP contribution >= 0.6 is 58.0 Å². The number of Topliss-reactive ketones (excluding diaryl/α,β-unsaturated/α-hetero) is 1. The first-order chi connectivity index (χ1) is 7.65. The van der Waals surface area contributed by atoms with Crippen LogP contribution in [0.15, 0.2) is 0 Å². The number of carbonyl (C=O) groups is 2. The maximum Gasteiger partial charge on any atom is 0.302 e. The molecule has 0 aliphatic rings. The normalized spacial score (nSPS) is 7.41. The molecule has 0 saturated heterocycles. The Hall–Kier alpha value is 0.590. The molecule has 0 rings (SSSR count). The van der Waals surface area contributed by atoms with Crippen molar-refractivity contribution in [3.8, 4) is 0 Å². The fourth-order valence-electron chi connectivity index (χ4n) is 0.203. The lowest BCUT2D eigenvalue weighted by Gasteiger charge is -1.89. The van der Waals surface area contributed by atoms with E-state index >= 15 is 0 Å². The zero-order chi connectivity index (χ0) is 14.9. The van der Waals surface area contributed by atoms with Gasteiger partial charge in [-0.2, -0.15) is 0 Å². The van der Waals surface area contributed by atoms with E-state index in [4.69, 9.17) is 58.0 Å². The standard InChI is InChI=1S/C4H8O2.C3H6O.CHCl3.CH2Cl2/c1-3-6-4(2)5;1-3(2)4;2-1(3)4;2-1-3/h3H2,1-2H3;1-2H3;1H;1H2. The fraction of sp³-hybridized carbons (Fsp3) is 0.778. The van der Waals surface area contributed by atoms with E-state index in [2.05, 4.69) is 4.74 Å². The highest BCUT2D eigenvalue weighted by atomic mass is 35.6. The molecule has 0 bridgehead atoms. The number of halogens is 5. The molecular formula is C9H17Cl5O3. The number of hydrogen-bond acceptors (Lipinski definition) is 3. The molecule has 8 heteroatoms. The molecule has 0 aliphatic heterocycles. The van der Waals surface area contributed by atoms with Crippen molar-refractivity contribution >= 4 is 69.8 Å². The first-order valence-electron chi connectivity index (χ1n) is 4.30. The molecule has 0 heterocycles. The van der Waals surface area contributed by atoms with Gasteiger partial charge >= 0.3 is 5.97 Å².